The second kappa shape index (κ2) is 9.98. The number of para-hydroxylation sites is 1. The van der Waals surface area contributed by atoms with Crippen molar-refractivity contribution in [2.45, 2.75) is 30.3 Å². The molecule has 1 aliphatic heterocycles. The number of nitrogens with zero attached hydrogens (tertiary/aromatic N) is 2. The molecule has 0 aromatic heterocycles. The Kier molecular flexibility index (Phi) is 7.97. The van der Waals surface area contributed by atoms with E-state index in [0.29, 0.717) is 19.5 Å². The van der Waals surface area contributed by atoms with E-state index in [2.05, 4.69) is 5.32 Å². The van der Waals surface area contributed by atoms with E-state index in [1.54, 1.807) is 16.7 Å². The predicted molar refractivity (Wildman–Crippen MR) is 99.9 cm³/mol. The van der Waals surface area contributed by atoms with Gasteiger partial charge in [0.1, 0.15) is 0 Å². The van der Waals surface area contributed by atoms with Gasteiger partial charge in [0, 0.05) is 36.6 Å². The van der Waals surface area contributed by atoms with Gasteiger partial charge in [0.15, 0.2) is 0 Å². The van der Waals surface area contributed by atoms with Crippen molar-refractivity contribution in [1.29, 1.82) is 0 Å². The minimum atomic E-state index is -4.22. The number of hydrogen-bond donors (Lipinski definition) is 1. The first-order valence-electron chi connectivity index (χ1n) is 8.80. The van der Waals surface area contributed by atoms with Crippen LogP contribution in [0.1, 0.15) is 19.3 Å². The number of benzene rings is 1. The van der Waals surface area contributed by atoms with E-state index in [0.717, 1.165) is 16.3 Å². The largest absolute Gasteiger partial charge is 0.401 e. The van der Waals surface area contributed by atoms with Gasteiger partial charge in [0.25, 0.3) is 0 Å². The Hall–Kier alpha value is -1.74. The number of fused-ring (bicyclic) bond motifs is 1. The van der Waals surface area contributed by atoms with E-state index in [9.17, 15) is 22.8 Å². The lowest BCUT2D eigenvalue weighted by Crippen LogP contribution is -2.36. The molecule has 0 bridgehead atoms. The molecule has 0 saturated heterocycles. The Labute approximate surface area is 161 Å². The third-order valence-electron chi connectivity index (χ3n) is 4.08. The molecule has 1 N–H and O–H groups in total. The number of anilines is 1. The number of alkyl halides is 3. The molecule has 0 aliphatic carbocycles. The lowest BCUT2D eigenvalue weighted by molar-refractivity contribution is -0.143. The fourth-order valence-electron chi connectivity index (χ4n) is 2.83. The molecule has 2 rings (SSSR count). The maximum absolute atomic E-state index is 12.4. The minimum Gasteiger partial charge on any atom is -0.356 e. The lowest BCUT2D eigenvalue weighted by Gasteiger charge is -2.29. The number of thioether (sulfide) groups is 1. The Morgan fingerprint density at radius 2 is 2.00 bits per heavy atom. The Balaban J connectivity index is 1.67. The van der Waals surface area contributed by atoms with Crippen LogP contribution in [0.5, 0.6) is 0 Å². The summed E-state index contributed by atoms with van der Waals surface area (Å²) in [6, 6.07) is 7.69. The Bertz CT molecular complexity index is 655. The third kappa shape index (κ3) is 7.42. The highest BCUT2D eigenvalue weighted by Crippen LogP contribution is 2.34. The third-order valence-corrected chi connectivity index (χ3v) is 5.13. The van der Waals surface area contributed by atoms with Gasteiger partial charge in [0.2, 0.25) is 11.8 Å². The van der Waals surface area contributed by atoms with Gasteiger partial charge in [-0.15, -0.1) is 11.8 Å². The van der Waals surface area contributed by atoms with Crippen LogP contribution in [-0.4, -0.2) is 61.9 Å². The smallest absolute Gasteiger partial charge is 0.356 e. The summed E-state index contributed by atoms with van der Waals surface area (Å²) >= 11 is 1.71. The molecule has 9 heteroatoms. The van der Waals surface area contributed by atoms with E-state index in [1.165, 1.54) is 11.9 Å². The van der Waals surface area contributed by atoms with E-state index in [1.807, 2.05) is 24.3 Å². The first-order valence-corrected chi connectivity index (χ1v) is 9.79. The summed E-state index contributed by atoms with van der Waals surface area (Å²) in [5.41, 5.74) is 0.881. The van der Waals surface area contributed by atoms with Crippen molar-refractivity contribution >= 4 is 29.3 Å². The lowest BCUT2D eigenvalue weighted by atomic mass is 10.2. The van der Waals surface area contributed by atoms with E-state index in [4.69, 9.17) is 0 Å². The summed E-state index contributed by atoms with van der Waals surface area (Å²) in [5, 5.41) is 2.66. The molecule has 1 aromatic rings. The van der Waals surface area contributed by atoms with Crippen LogP contribution in [0.4, 0.5) is 18.9 Å². The average molecular weight is 403 g/mol. The molecular formula is C18H24F3N3O2S. The molecule has 0 spiro atoms. The van der Waals surface area contributed by atoms with Gasteiger partial charge < -0.3 is 10.2 Å². The molecule has 1 aromatic carbocycles. The van der Waals surface area contributed by atoms with Gasteiger partial charge in [-0.05, 0) is 32.1 Å². The molecule has 27 heavy (non-hydrogen) atoms. The number of carbonyl (C=O) groups is 2. The first kappa shape index (κ1) is 21.6. The summed E-state index contributed by atoms with van der Waals surface area (Å²) < 4.78 is 36.7. The highest BCUT2D eigenvalue weighted by atomic mass is 32.2. The first-order chi connectivity index (χ1) is 12.8. The van der Waals surface area contributed by atoms with Crippen LogP contribution < -0.4 is 10.2 Å². The van der Waals surface area contributed by atoms with Crippen molar-refractivity contribution in [1.82, 2.24) is 10.2 Å². The van der Waals surface area contributed by atoms with Crippen LogP contribution in [0.3, 0.4) is 0 Å². The second-order valence-corrected chi connectivity index (χ2v) is 7.55. The quantitative estimate of drug-likeness (QED) is 0.679. The number of amides is 2. The minimum absolute atomic E-state index is 0.0725. The van der Waals surface area contributed by atoms with Crippen LogP contribution in [0.2, 0.25) is 0 Å². The van der Waals surface area contributed by atoms with Crippen molar-refractivity contribution in [2.24, 2.45) is 0 Å². The summed E-state index contributed by atoms with van der Waals surface area (Å²) in [5.74, 6) is 0.463. The van der Waals surface area contributed by atoms with Crippen molar-refractivity contribution in [3.8, 4) is 0 Å². The molecule has 1 heterocycles. The van der Waals surface area contributed by atoms with Crippen LogP contribution in [0, 0.1) is 0 Å². The van der Waals surface area contributed by atoms with Gasteiger partial charge in [-0.2, -0.15) is 13.2 Å². The topological polar surface area (TPSA) is 52.7 Å². The summed E-state index contributed by atoms with van der Waals surface area (Å²) in [4.78, 5) is 28.3. The molecule has 0 radical (unpaired) electrons. The molecule has 0 saturated carbocycles. The number of halogens is 3. The number of rotatable bonds is 8. The SMILES string of the molecule is CN(CCCNC(=O)CCC(=O)N1CCSc2ccccc21)CC(F)(F)F. The number of hydrogen-bond acceptors (Lipinski definition) is 4. The highest BCUT2D eigenvalue weighted by Gasteiger charge is 2.28. The zero-order chi connectivity index (χ0) is 19.9. The monoisotopic (exact) mass is 403 g/mol. The Morgan fingerprint density at radius 1 is 1.26 bits per heavy atom. The van der Waals surface area contributed by atoms with Crippen LogP contribution in [0.25, 0.3) is 0 Å². The van der Waals surface area contributed by atoms with Crippen LogP contribution >= 0.6 is 11.8 Å². The summed E-state index contributed by atoms with van der Waals surface area (Å²) in [7, 11) is 1.39. The molecule has 0 atom stereocenters. The molecule has 0 unspecified atom stereocenters. The van der Waals surface area contributed by atoms with Gasteiger partial charge >= 0.3 is 6.18 Å². The van der Waals surface area contributed by atoms with Crippen molar-refractivity contribution in [3.05, 3.63) is 24.3 Å². The summed E-state index contributed by atoms with van der Waals surface area (Å²) in [6.45, 7) is 0.179. The van der Waals surface area contributed by atoms with Crippen molar-refractivity contribution in [3.63, 3.8) is 0 Å². The maximum atomic E-state index is 12.4. The molecule has 5 nitrogen and oxygen atoms in total. The summed E-state index contributed by atoms with van der Waals surface area (Å²) in [6.07, 6.45) is -3.62. The standard InChI is InChI=1S/C18H24F3N3O2S/c1-23(13-18(19,20)21)10-4-9-22-16(25)7-8-17(26)24-11-12-27-15-6-3-2-5-14(15)24/h2-3,5-6H,4,7-13H2,1H3,(H,22,25). The van der Waals surface area contributed by atoms with Crippen LogP contribution in [0.15, 0.2) is 29.2 Å². The van der Waals surface area contributed by atoms with Crippen molar-refractivity contribution < 1.29 is 22.8 Å². The van der Waals surface area contributed by atoms with E-state index in [-0.39, 0.29) is 31.2 Å². The van der Waals surface area contributed by atoms with Gasteiger partial charge in [-0.3, -0.25) is 14.5 Å². The normalized spacial score (nSPS) is 14.2. The molecule has 1 aliphatic rings. The maximum Gasteiger partial charge on any atom is 0.401 e. The highest BCUT2D eigenvalue weighted by molar-refractivity contribution is 7.99. The number of nitrogens with one attached hydrogen (secondary N) is 1. The van der Waals surface area contributed by atoms with Crippen LogP contribution in [-0.2, 0) is 9.59 Å². The van der Waals surface area contributed by atoms with Gasteiger partial charge in [0.05, 0.1) is 12.2 Å². The fourth-order valence-corrected chi connectivity index (χ4v) is 3.83. The molecule has 150 valence electrons. The average Bonchev–Trinajstić information content (AvgIpc) is 2.61. The van der Waals surface area contributed by atoms with Crippen molar-refractivity contribution in [2.75, 3.05) is 43.9 Å². The fraction of sp³-hybridized carbons (Fsp3) is 0.556. The van der Waals surface area contributed by atoms with Gasteiger partial charge in [-0.25, -0.2) is 0 Å². The zero-order valence-electron chi connectivity index (χ0n) is 15.2. The second-order valence-electron chi connectivity index (χ2n) is 6.42. The number of carbonyl (C=O) groups excluding carboxylic acids is 2. The predicted octanol–water partition coefficient (Wildman–Crippen LogP) is 2.91. The zero-order valence-corrected chi connectivity index (χ0v) is 16.0. The Morgan fingerprint density at radius 3 is 2.74 bits per heavy atom. The molecular weight excluding hydrogens is 379 g/mol. The molecule has 2 amide bonds. The van der Waals surface area contributed by atoms with Gasteiger partial charge in [-0.1, -0.05) is 12.1 Å². The van der Waals surface area contributed by atoms with E-state index >= 15 is 0 Å². The van der Waals surface area contributed by atoms with E-state index < -0.39 is 12.7 Å². The molecule has 0 fully saturated rings.